The molecule has 0 unspecified atom stereocenters. The summed E-state index contributed by atoms with van der Waals surface area (Å²) in [7, 11) is 1.74. The van der Waals surface area contributed by atoms with Gasteiger partial charge in [-0.2, -0.15) is 0 Å². The topological polar surface area (TPSA) is 41.5 Å². The van der Waals surface area contributed by atoms with Gasteiger partial charge in [0.05, 0.1) is 7.11 Å². The normalized spacial score (nSPS) is 27.7. The maximum absolute atomic E-state index is 9.30. The number of para-hydroxylation sites is 1. The summed E-state index contributed by atoms with van der Waals surface area (Å²) in [5.41, 5.74) is 1.56. The van der Waals surface area contributed by atoms with E-state index in [1.165, 1.54) is 31.2 Å². The van der Waals surface area contributed by atoms with Crippen molar-refractivity contribution in [3.05, 3.63) is 29.8 Å². The van der Waals surface area contributed by atoms with Gasteiger partial charge < -0.3 is 15.2 Å². The van der Waals surface area contributed by atoms with E-state index in [0.29, 0.717) is 18.6 Å². The molecule has 0 spiro atoms. The Morgan fingerprint density at radius 2 is 2.05 bits per heavy atom. The molecule has 3 heteroatoms. The third-order valence-electron chi connectivity index (χ3n) is 4.78. The Kier molecular flexibility index (Phi) is 3.50. The van der Waals surface area contributed by atoms with Crippen molar-refractivity contribution in [2.24, 2.45) is 5.41 Å². The smallest absolute Gasteiger partial charge is 0.122 e. The van der Waals surface area contributed by atoms with Gasteiger partial charge in [-0.15, -0.1) is 0 Å². The Balaban J connectivity index is 1.49. The number of aliphatic hydroxyl groups is 1. The Hall–Kier alpha value is -1.06. The number of hydrogen-bond donors (Lipinski definition) is 2. The molecule has 3 nitrogen and oxygen atoms in total. The highest BCUT2D eigenvalue weighted by Gasteiger charge is 2.43. The van der Waals surface area contributed by atoms with Crippen molar-refractivity contribution in [1.82, 2.24) is 5.32 Å². The summed E-state index contributed by atoms with van der Waals surface area (Å²) in [4.78, 5) is 0. The number of methoxy groups -OCH3 is 1. The first-order valence-corrected chi connectivity index (χ1v) is 7.23. The molecule has 104 valence electrons. The molecule has 1 aromatic carbocycles. The SMILES string of the molecule is COc1ccccc1C1CC(NCC2(CO)CC2)C1. The monoisotopic (exact) mass is 261 g/mol. The molecule has 3 rings (SSSR count). The fourth-order valence-electron chi connectivity index (χ4n) is 2.97. The Bertz CT molecular complexity index is 436. The highest BCUT2D eigenvalue weighted by molar-refractivity contribution is 5.37. The maximum Gasteiger partial charge on any atom is 0.122 e. The molecule has 2 aliphatic carbocycles. The van der Waals surface area contributed by atoms with Crippen molar-refractivity contribution in [3.63, 3.8) is 0 Å². The fourth-order valence-corrected chi connectivity index (χ4v) is 2.97. The summed E-state index contributed by atoms with van der Waals surface area (Å²) in [5.74, 6) is 1.64. The highest BCUT2D eigenvalue weighted by atomic mass is 16.5. The van der Waals surface area contributed by atoms with Crippen molar-refractivity contribution in [1.29, 1.82) is 0 Å². The first kappa shape index (κ1) is 12.9. The molecule has 0 heterocycles. The third kappa shape index (κ3) is 2.63. The lowest BCUT2D eigenvalue weighted by Gasteiger charge is -2.37. The van der Waals surface area contributed by atoms with Crippen molar-refractivity contribution in [3.8, 4) is 5.75 Å². The summed E-state index contributed by atoms with van der Waals surface area (Å²) in [6, 6.07) is 8.94. The predicted molar refractivity (Wildman–Crippen MR) is 75.5 cm³/mol. The zero-order chi connectivity index (χ0) is 13.3. The van der Waals surface area contributed by atoms with Gasteiger partial charge in [0.25, 0.3) is 0 Å². The van der Waals surface area contributed by atoms with E-state index in [2.05, 4.69) is 17.4 Å². The molecule has 0 saturated heterocycles. The van der Waals surface area contributed by atoms with Crippen molar-refractivity contribution in [2.45, 2.75) is 37.6 Å². The molecule has 0 atom stereocenters. The van der Waals surface area contributed by atoms with Gasteiger partial charge in [-0.25, -0.2) is 0 Å². The molecule has 0 aliphatic heterocycles. The van der Waals surface area contributed by atoms with E-state index in [1.54, 1.807) is 7.11 Å². The molecule has 2 aliphatic rings. The van der Waals surface area contributed by atoms with Crippen LogP contribution in [0, 0.1) is 5.41 Å². The Morgan fingerprint density at radius 1 is 1.32 bits per heavy atom. The minimum absolute atomic E-state index is 0.218. The van der Waals surface area contributed by atoms with Gasteiger partial charge in [0.2, 0.25) is 0 Å². The molecule has 2 saturated carbocycles. The largest absolute Gasteiger partial charge is 0.496 e. The van der Waals surface area contributed by atoms with E-state index in [0.717, 1.165) is 12.3 Å². The van der Waals surface area contributed by atoms with Crippen LogP contribution in [-0.4, -0.2) is 31.4 Å². The molecule has 2 N–H and O–H groups in total. The van der Waals surface area contributed by atoms with Crippen LogP contribution < -0.4 is 10.1 Å². The first-order chi connectivity index (χ1) is 9.26. The highest BCUT2D eigenvalue weighted by Crippen LogP contribution is 2.46. The lowest BCUT2D eigenvalue weighted by atomic mass is 9.75. The van der Waals surface area contributed by atoms with E-state index in [9.17, 15) is 5.11 Å². The summed E-state index contributed by atoms with van der Waals surface area (Å²) < 4.78 is 5.43. The quantitative estimate of drug-likeness (QED) is 0.825. The molecule has 0 amide bonds. The van der Waals surface area contributed by atoms with Crippen LogP contribution in [0.25, 0.3) is 0 Å². The second kappa shape index (κ2) is 5.14. The zero-order valence-electron chi connectivity index (χ0n) is 11.6. The van der Waals surface area contributed by atoms with Gasteiger partial charge in [-0.05, 0) is 43.2 Å². The third-order valence-corrected chi connectivity index (χ3v) is 4.78. The van der Waals surface area contributed by atoms with Gasteiger partial charge in [0, 0.05) is 24.6 Å². The number of hydrogen-bond acceptors (Lipinski definition) is 3. The van der Waals surface area contributed by atoms with Crippen LogP contribution in [0.1, 0.15) is 37.2 Å². The number of aliphatic hydroxyl groups excluding tert-OH is 1. The molecular formula is C16H23NO2. The molecular weight excluding hydrogens is 238 g/mol. The standard InChI is InChI=1S/C16H23NO2/c1-19-15-5-3-2-4-14(15)12-8-13(9-12)17-10-16(11-18)6-7-16/h2-5,12-13,17-18H,6-11H2,1H3. The summed E-state index contributed by atoms with van der Waals surface area (Å²) >= 11 is 0. The number of benzene rings is 1. The van der Waals surface area contributed by atoms with Crippen LogP contribution in [0.15, 0.2) is 24.3 Å². The number of ether oxygens (including phenoxy) is 1. The molecule has 19 heavy (non-hydrogen) atoms. The molecule has 0 aromatic heterocycles. The van der Waals surface area contributed by atoms with E-state index < -0.39 is 0 Å². The van der Waals surface area contributed by atoms with Gasteiger partial charge in [-0.3, -0.25) is 0 Å². The van der Waals surface area contributed by atoms with Gasteiger partial charge in [0.15, 0.2) is 0 Å². The van der Waals surface area contributed by atoms with Crippen LogP contribution in [0.4, 0.5) is 0 Å². The molecule has 1 aromatic rings. The van der Waals surface area contributed by atoms with Crippen LogP contribution in [-0.2, 0) is 0 Å². The number of rotatable bonds is 6. The lowest BCUT2D eigenvalue weighted by molar-refractivity contribution is 0.189. The van der Waals surface area contributed by atoms with Crippen molar-refractivity contribution < 1.29 is 9.84 Å². The average Bonchev–Trinajstić information content (AvgIpc) is 3.18. The van der Waals surface area contributed by atoms with Gasteiger partial charge >= 0.3 is 0 Å². The average molecular weight is 261 g/mol. The van der Waals surface area contributed by atoms with Gasteiger partial charge in [-0.1, -0.05) is 18.2 Å². The molecule has 2 fully saturated rings. The maximum atomic E-state index is 9.30. The molecule has 0 bridgehead atoms. The summed E-state index contributed by atoms with van der Waals surface area (Å²) in [6.07, 6.45) is 4.72. The second-order valence-electron chi connectivity index (χ2n) is 6.15. The minimum Gasteiger partial charge on any atom is -0.496 e. The van der Waals surface area contributed by atoms with Crippen LogP contribution in [0.3, 0.4) is 0 Å². The van der Waals surface area contributed by atoms with Crippen LogP contribution in [0.5, 0.6) is 5.75 Å². The zero-order valence-corrected chi connectivity index (χ0v) is 11.6. The van der Waals surface area contributed by atoms with Gasteiger partial charge in [0.1, 0.15) is 5.75 Å². The fraction of sp³-hybridized carbons (Fsp3) is 0.625. The van der Waals surface area contributed by atoms with E-state index in [-0.39, 0.29) is 5.41 Å². The van der Waals surface area contributed by atoms with E-state index in [4.69, 9.17) is 4.74 Å². The minimum atomic E-state index is 0.218. The van der Waals surface area contributed by atoms with Crippen molar-refractivity contribution >= 4 is 0 Å². The lowest BCUT2D eigenvalue weighted by Crippen LogP contribution is -2.43. The Labute approximate surface area is 115 Å². The second-order valence-corrected chi connectivity index (χ2v) is 6.15. The number of nitrogens with one attached hydrogen (secondary N) is 1. The Morgan fingerprint density at radius 3 is 2.68 bits per heavy atom. The summed E-state index contributed by atoms with van der Waals surface area (Å²) in [5, 5.41) is 12.9. The predicted octanol–water partition coefficient (Wildman–Crippen LogP) is 2.30. The van der Waals surface area contributed by atoms with Crippen LogP contribution in [0.2, 0.25) is 0 Å². The van der Waals surface area contributed by atoms with Crippen molar-refractivity contribution in [2.75, 3.05) is 20.3 Å². The van der Waals surface area contributed by atoms with E-state index in [1.807, 2.05) is 12.1 Å². The van der Waals surface area contributed by atoms with E-state index >= 15 is 0 Å². The summed E-state index contributed by atoms with van der Waals surface area (Å²) in [6.45, 7) is 1.31. The first-order valence-electron chi connectivity index (χ1n) is 7.23. The van der Waals surface area contributed by atoms with Crippen LogP contribution >= 0.6 is 0 Å². The molecule has 0 radical (unpaired) electrons.